The molecule has 1 aromatic heterocycles. The number of nitrogens with one attached hydrogen (secondary N) is 1. The highest BCUT2D eigenvalue weighted by Crippen LogP contribution is 2.29. The van der Waals surface area contributed by atoms with E-state index in [0.717, 1.165) is 60.6 Å². The highest BCUT2D eigenvalue weighted by Gasteiger charge is 2.21. The number of amides is 1. The number of carbonyl (C=O) groups is 1. The summed E-state index contributed by atoms with van der Waals surface area (Å²) in [6, 6.07) is 17.8. The molecule has 1 aliphatic rings. The molecule has 0 aliphatic carbocycles. The number of rotatable bonds is 7. The van der Waals surface area contributed by atoms with Crippen molar-refractivity contribution in [2.45, 2.75) is 26.2 Å². The molecular formula is C28H30ClN3O2. The summed E-state index contributed by atoms with van der Waals surface area (Å²) in [5.74, 6) is 1.35. The minimum atomic E-state index is -0.214. The van der Waals surface area contributed by atoms with Gasteiger partial charge in [-0.15, -0.1) is 0 Å². The van der Waals surface area contributed by atoms with E-state index in [0.29, 0.717) is 16.6 Å². The third-order valence-corrected chi connectivity index (χ3v) is 6.71. The topological polar surface area (TPSA) is 54.5 Å². The van der Waals surface area contributed by atoms with E-state index in [9.17, 15) is 4.79 Å². The second-order valence-corrected chi connectivity index (χ2v) is 9.17. The molecular weight excluding hydrogens is 446 g/mol. The van der Waals surface area contributed by atoms with E-state index < -0.39 is 0 Å². The Kier molecular flexibility index (Phi) is 7.53. The molecule has 0 spiro atoms. The van der Waals surface area contributed by atoms with E-state index in [1.807, 2.05) is 31.2 Å². The second-order valence-electron chi connectivity index (χ2n) is 8.78. The van der Waals surface area contributed by atoms with Gasteiger partial charge in [-0.3, -0.25) is 4.79 Å². The van der Waals surface area contributed by atoms with Gasteiger partial charge in [-0.25, -0.2) is 4.98 Å². The van der Waals surface area contributed by atoms with Gasteiger partial charge in [0.2, 0.25) is 0 Å². The minimum Gasteiger partial charge on any atom is -0.497 e. The van der Waals surface area contributed by atoms with Crippen molar-refractivity contribution in [3.63, 3.8) is 0 Å². The van der Waals surface area contributed by atoms with Gasteiger partial charge in [0.1, 0.15) is 10.9 Å². The second kappa shape index (κ2) is 10.7. The lowest BCUT2D eigenvalue weighted by atomic mass is 9.89. The lowest BCUT2D eigenvalue weighted by Gasteiger charge is -2.35. The van der Waals surface area contributed by atoms with Gasteiger partial charge in [-0.2, -0.15) is 0 Å². The lowest BCUT2D eigenvalue weighted by molar-refractivity contribution is 0.102. The molecule has 2 heterocycles. The van der Waals surface area contributed by atoms with Crippen LogP contribution in [0.1, 0.15) is 39.9 Å². The molecule has 0 radical (unpaired) electrons. The van der Waals surface area contributed by atoms with Crippen LogP contribution in [0.4, 0.5) is 5.69 Å². The predicted molar refractivity (Wildman–Crippen MR) is 138 cm³/mol. The summed E-state index contributed by atoms with van der Waals surface area (Å²) in [4.78, 5) is 19.0. The lowest BCUT2D eigenvalue weighted by Crippen LogP contribution is -2.32. The van der Waals surface area contributed by atoms with Crippen molar-refractivity contribution in [3.05, 3.63) is 94.8 Å². The maximum atomic E-state index is 12.6. The molecule has 0 unspecified atom stereocenters. The maximum absolute atomic E-state index is 12.6. The average Bonchev–Trinajstić information content (AvgIpc) is 2.86. The Hall–Kier alpha value is -3.31. The first-order chi connectivity index (χ1) is 16.4. The zero-order valence-electron chi connectivity index (χ0n) is 19.7. The molecule has 6 heteroatoms. The van der Waals surface area contributed by atoms with Gasteiger partial charge in [0.25, 0.3) is 5.91 Å². The van der Waals surface area contributed by atoms with E-state index in [4.69, 9.17) is 16.3 Å². The summed E-state index contributed by atoms with van der Waals surface area (Å²) in [6.07, 6.45) is 4.82. The maximum Gasteiger partial charge on any atom is 0.257 e. The van der Waals surface area contributed by atoms with E-state index in [-0.39, 0.29) is 5.91 Å². The van der Waals surface area contributed by atoms with Gasteiger partial charge in [0.05, 0.1) is 12.7 Å². The summed E-state index contributed by atoms with van der Waals surface area (Å²) >= 11 is 5.83. The van der Waals surface area contributed by atoms with E-state index in [1.54, 1.807) is 19.2 Å². The zero-order chi connectivity index (χ0) is 24.1. The molecule has 4 rings (SSSR count). The van der Waals surface area contributed by atoms with Crippen molar-refractivity contribution >= 4 is 28.9 Å². The number of piperidine rings is 1. The number of anilines is 1. The molecule has 2 aromatic carbocycles. The van der Waals surface area contributed by atoms with Crippen LogP contribution < -0.4 is 10.1 Å². The van der Waals surface area contributed by atoms with Crippen LogP contribution in [0.5, 0.6) is 5.75 Å². The number of aromatic nitrogens is 1. The van der Waals surface area contributed by atoms with Gasteiger partial charge in [-0.05, 0) is 79.1 Å². The molecule has 3 aromatic rings. The fourth-order valence-electron chi connectivity index (χ4n) is 4.33. The molecule has 0 bridgehead atoms. The molecule has 1 fully saturated rings. The molecule has 1 aliphatic heterocycles. The third kappa shape index (κ3) is 5.78. The largest absolute Gasteiger partial charge is 0.497 e. The zero-order valence-corrected chi connectivity index (χ0v) is 20.4. The van der Waals surface area contributed by atoms with Crippen molar-refractivity contribution < 1.29 is 9.53 Å². The van der Waals surface area contributed by atoms with Crippen molar-refractivity contribution in [2.24, 2.45) is 5.92 Å². The quantitative estimate of drug-likeness (QED) is 0.411. The van der Waals surface area contributed by atoms with Crippen molar-refractivity contribution in [1.82, 2.24) is 9.88 Å². The smallest absolute Gasteiger partial charge is 0.257 e. The first kappa shape index (κ1) is 23.8. The molecule has 5 nitrogen and oxygen atoms in total. The standard InChI is InChI=1S/C28H30ClN3O2/c1-19-4-7-23(17-26(19)31-28(33)24-8-11-27(29)30-18-24)20(2)32-14-12-22(13-15-32)16-21-5-9-25(34-3)10-6-21/h4-11,17-18,22H,2,12-16H2,1,3H3,(H,31,33). The Bertz CT molecular complexity index is 1150. The number of nitrogens with zero attached hydrogens (tertiary/aromatic N) is 2. The normalized spacial score (nSPS) is 14.0. The predicted octanol–water partition coefficient (Wildman–Crippen LogP) is 6.23. The number of carbonyl (C=O) groups excluding carboxylic acids is 1. The van der Waals surface area contributed by atoms with E-state index in [2.05, 4.69) is 40.0 Å². The van der Waals surface area contributed by atoms with E-state index >= 15 is 0 Å². The van der Waals surface area contributed by atoms with Crippen LogP contribution in [-0.2, 0) is 6.42 Å². The molecule has 0 atom stereocenters. The highest BCUT2D eigenvalue weighted by molar-refractivity contribution is 6.29. The Morgan fingerprint density at radius 2 is 1.82 bits per heavy atom. The number of hydrogen-bond donors (Lipinski definition) is 1. The van der Waals surface area contributed by atoms with Crippen LogP contribution in [0.2, 0.25) is 5.15 Å². The number of aryl methyl sites for hydroxylation is 1. The van der Waals surface area contributed by atoms with Crippen LogP contribution in [0.15, 0.2) is 67.4 Å². The average molecular weight is 476 g/mol. The van der Waals surface area contributed by atoms with Crippen molar-refractivity contribution in [1.29, 1.82) is 0 Å². The Labute approximate surface area is 206 Å². The van der Waals surface area contributed by atoms with Gasteiger partial charge < -0.3 is 15.0 Å². The monoisotopic (exact) mass is 475 g/mol. The van der Waals surface area contributed by atoms with Crippen LogP contribution in [0.25, 0.3) is 5.70 Å². The Morgan fingerprint density at radius 1 is 1.12 bits per heavy atom. The Balaban J connectivity index is 1.36. The fourth-order valence-corrected chi connectivity index (χ4v) is 4.44. The highest BCUT2D eigenvalue weighted by atomic mass is 35.5. The SMILES string of the molecule is C=C(c1ccc(C)c(NC(=O)c2ccc(Cl)nc2)c1)N1CCC(Cc2ccc(OC)cc2)CC1. The number of halogens is 1. The number of methoxy groups -OCH3 is 1. The first-order valence-electron chi connectivity index (χ1n) is 11.5. The number of likely N-dealkylation sites (tertiary alicyclic amines) is 1. The molecule has 1 N–H and O–H groups in total. The number of ether oxygens (including phenoxy) is 1. The summed E-state index contributed by atoms with van der Waals surface area (Å²) in [7, 11) is 1.69. The van der Waals surface area contributed by atoms with Crippen LogP contribution in [0.3, 0.4) is 0 Å². The molecule has 0 saturated carbocycles. The minimum absolute atomic E-state index is 0.214. The summed E-state index contributed by atoms with van der Waals surface area (Å²) in [6.45, 7) is 8.30. The number of pyridine rings is 1. The van der Waals surface area contributed by atoms with Crippen LogP contribution in [-0.4, -0.2) is 36.0 Å². The molecule has 1 amide bonds. The fraction of sp³-hybridized carbons (Fsp3) is 0.286. The van der Waals surface area contributed by atoms with Gasteiger partial charge in [0, 0.05) is 30.7 Å². The van der Waals surface area contributed by atoms with Crippen LogP contribution in [0, 0.1) is 12.8 Å². The third-order valence-electron chi connectivity index (χ3n) is 6.49. The Morgan fingerprint density at radius 3 is 2.47 bits per heavy atom. The first-order valence-corrected chi connectivity index (χ1v) is 11.9. The summed E-state index contributed by atoms with van der Waals surface area (Å²) in [5, 5.41) is 3.36. The summed E-state index contributed by atoms with van der Waals surface area (Å²) < 4.78 is 5.26. The van der Waals surface area contributed by atoms with Gasteiger partial charge in [-0.1, -0.05) is 42.4 Å². The van der Waals surface area contributed by atoms with Crippen LogP contribution >= 0.6 is 11.6 Å². The van der Waals surface area contributed by atoms with Crippen molar-refractivity contribution in [3.8, 4) is 5.75 Å². The van der Waals surface area contributed by atoms with Gasteiger partial charge in [0.15, 0.2) is 0 Å². The molecule has 1 saturated heterocycles. The molecule has 176 valence electrons. The van der Waals surface area contributed by atoms with E-state index in [1.165, 1.54) is 11.8 Å². The summed E-state index contributed by atoms with van der Waals surface area (Å²) in [5.41, 5.74) is 5.59. The number of hydrogen-bond acceptors (Lipinski definition) is 4. The number of benzene rings is 2. The molecule has 34 heavy (non-hydrogen) atoms. The van der Waals surface area contributed by atoms with Crippen molar-refractivity contribution in [2.75, 3.05) is 25.5 Å². The van der Waals surface area contributed by atoms with Gasteiger partial charge >= 0.3 is 0 Å².